The highest BCUT2D eigenvalue weighted by atomic mass is 32.1. The van der Waals surface area contributed by atoms with Crippen molar-refractivity contribution in [3.05, 3.63) is 35.2 Å². The zero-order valence-corrected chi connectivity index (χ0v) is 11.0. The third-order valence-electron chi connectivity index (χ3n) is 3.02. The molecule has 0 aliphatic carbocycles. The Kier molecular flexibility index (Phi) is 3.78. The van der Waals surface area contributed by atoms with Gasteiger partial charge in [-0.1, -0.05) is 18.2 Å². The Balaban J connectivity index is 2.39. The van der Waals surface area contributed by atoms with Gasteiger partial charge >= 0.3 is 0 Å². The van der Waals surface area contributed by atoms with Crippen molar-refractivity contribution < 1.29 is 0 Å². The van der Waals surface area contributed by atoms with E-state index in [2.05, 4.69) is 54.7 Å². The third-order valence-corrected chi connectivity index (χ3v) is 4.00. The van der Waals surface area contributed by atoms with Crippen molar-refractivity contribution in [1.82, 2.24) is 4.90 Å². The summed E-state index contributed by atoms with van der Waals surface area (Å²) in [6.45, 7) is 0. The van der Waals surface area contributed by atoms with Crippen LogP contribution in [-0.2, 0) is 0 Å². The van der Waals surface area contributed by atoms with Crippen LogP contribution in [0.4, 0.5) is 0 Å². The van der Waals surface area contributed by atoms with Crippen molar-refractivity contribution in [1.29, 1.82) is 5.26 Å². The van der Waals surface area contributed by atoms with E-state index in [4.69, 9.17) is 5.26 Å². The maximum atomic E-state index is 8.74. The first kappa shape index (κ1) is 12.1. The zero-order chi connectivity index (χ0) is 12.3. The van der Waals surface area contributed by atoms with Gasteiger partial charge in [0.25, 0.3) is 0 Å². The van der Waals surface area contributed by atoms with E-state index in [1.807, 2.05) is 0 Å². The van der Waals surface area contributed by atoms with Crippen molar-refractivity contribution in [3.8, 4) is 6.07 Å². The lowest BCUT2D eigenvalue weighted by Crippen LogP contribution is -2.19. The summed E-state index contributed by atoms with van der Waals surface area (Å²) in [6.07, 6.45) is 1.50. The molecule has 0 fully saturated rings. The summed E-state index contributed by atoms with van der Waals surface area (Å²) >= 11 is 1.78. The molecule has 1 aromatic carbocycles. The molecule has 0 saturated heterocycles. The maximum absolute atomic E-state index is 8.74. The van der Waals surface area contributed by atoms with Crippen molar-refractivity contribution >= 4 is 21.4 Å². The van der Waals surface area contributed by atoms with E-state index in [0.29, 0.717) is 12.5 Å². The summed E-state index contributed by atoms with van der Waals surface area (Å²) in [5.41, 5.74) is 1.35. The highest BCUT2D eigenvalue weighted by Crippen LogP contribution is 2.34. The van der Waals surface area contributed by atoms with Gasteiger partial charge in [0, 0.05) is 17.2 Å². The van der Waals surface area contributed by atoms with E-state index in [9.17, 15) is 0 Å². The van der Waals surface area contributed by atoms with Crippen LogP contribution >= 0.6 is 11.3 Å². The lowest BCUT2D eigenvalue weighted by atomic mass is 10.0. The Hall–Kier alpha value is -1.37. The zero-order valence-electron chi connectivity index (χ0n) is 10.2. The number of rotatable bonds is 4. The van der Waals surface area contributed by atoms with Crippen LogP contribution in [0.2, 0.25) is 0 Å². The van der Waals surface area contributed by atoms with E-state index in [1.54, 1.807) is 11.3 Å². The monoisotopic (exact) mass is 244 g/mol. The summed E-state index contributed by atoms with van der Waals surface area (Å²) in [4.78, 5) is 2.20. The van der Waals surface area contributed by atoms with Gasteiger partial charge in [0.2, 0.25) is 0 Å². The molecule has 0 aliphatic heterocycles. The number of hydrogen-bond donors (Lipinski definition) is 0. The lowest BCUT2D eigenvalue weighted by Gasteiger charge is -2.23. The minimum Gasteiger partial charge on any atom is -0.302 e. The van der Waals surface area contributed by atoms with Crippen LogP contribution in [0.3, 0.4) is 0 Å². The first-order valence-electron chi connectivity index (χ1n) is 5.73. The van der Waals surface area contributed by atoms with Gasteiger partial charge in [-0.2, -0.15) is 5.26 Å². The van der Waals surface area contributed by atoms with E-state index in [0.717, 1.165) is 6.42 Å². The average molecular weight is 244 g/mol. The lowest BCUT2D eigenvalue weighted by molar-refractivity contribution is 0.288. The summed E-state index contributed by atoms with van der Waals surface area (Å²) in [5.74, 6) is 0. The van der Waals surface area contributed by atoms with Gasteiger partial charge in [-0.3, -0.25) is 0 Å². The summed E-state index contributed by atoms with van der Waals surface area (Å²) in [6, 6.07) is 11.1. The Morgan fingerprint density at radius 1 is 1.35 bits per heavy atom. The summed E-state index contributed by atoms with van der Waals surface area (Å²) < 4.78 is 1.33. The minimum atomic E-state index is 0.339. The molecule has 17 heavy (non-hydrogen) atoms. The Morgan fingerprint density at radius 3 is 2.82 bits per heavy atom. The second kappa shape index (κ2) is 5.31. The van der Waals surface area contributed by atoms with Crippen LogP contribution < -0.4 is 0 Å². The Bertz CT molecular complexity index is 536. The van der Waals surface area contributed by atoms with Gasteiger partial charge in [0.05, 0.1) is 6.07 Å². The predicted molar refractivity (Wildman–Crippen MR) is 73.1 cm³/mol. The fourth-order valence-corrected chi connectivity index (χ4v) is 3.16. The molecule has 0 aliphatic rings. The molecule has 0 N–H and O–H groups in total. The van der Waals surface area contributed by atoms with E-state index < -0.39 is 0 Å². The van der Waals surface area contributed by atoms with E-state index in [1.165, 1.54) is 15.6 Å². The molecule has 2 aromatic rings. The van der Waals surface area contributed by atoms with Gasteiger partial charge in [-0.05, 0) is 42.9 Å². The van der Waals surface area contributed by atoms with Gasteiger partial charge < -0.3 is 4.90 Å². The number of fused-ring (bicyclic) bond motifs is 1. The Morgan fingerprint density at radius 2 is 2.12 bits per heavy atom. The topological polar surface area (TPSA) is 27.0 Å². The normalized spacial score (nSPS) is 12.8. The second-order valence-electron chi connectivity index (χ2n) is 4.36. The van der Waals surface area contributed by atoms with Crippen LogP contribution in [-0.4, -0.2) is 19.0 Å². The van der Waals surface area contributed by atoms with Crippen molar-refractivity contribution in [3.63, 3.8) is 0 Å². The van der Waals surface area contributed by atoms with Gasteiger partial charge in [0.1, 0.15) is 0 Å². The van der Waals surface area contributed by atoms with Crippen molar-refractivity contribution in [2.24, 2.45) is 0 Å². The number of benzene rings is 1. The molecule has 2 rings (SSSR count). The molecule has 0 saturated carbocycles. The molecular formula is C14H16N2S. The minimum absolute atomic E-state index is 0.339. The molecule has 0 bridgehead atoms. The highest BCUT2D eigenvalue weighted by molar-refractivity contribution is 7.17. The molecular weight excluding hydrogens is 228 g/mol. The summed E-state index contributed by atoms with van der Waals surface area (Å²) in [7, 11) is 4.16. The number of nitriles is 1. The number of nitrogens with zero attached hydrogens (tertiary/aromatic N) is 2. The molecule has 88 valence electrons. The largest absolute Gasteiger partial charge is 0.302 e. The second-order valence-corrected chi connectivity index (χ2v) is 5.27. The molecule has 1 atom stereocenters. The summed E-state index contributed by atoms with van der Waals surface area (Å²) in [5, 5.41) is 12.3. The van der Waals surface area contributed by atoms with E-state index >= 15 is 0 Å². The van der Waals surface area contributed by atoms with Gasteiger partial charge in [0.15, 0.2) is 0 Å². The molecule has 3 heteroatoms. The number of thiophene rings is 1. The molecule has 0 amide bonds. The molecule has 2 nitrogen and oxygen atoms in total. The van der Waals surface area contributed by atoms with Gasteiger partial charge in [-0.15, -0.1) is 11.3 Å². The third kappa shape index (κ3) is 2.49. The predicted octanol–water partition coefficient (Wildman–Crippen LogP) is 3.81. The average Bonchev–Trinajstić information content (AvgIpc) is 2.73. The molecule has 0 radical (unpaired) electrons. The first-order valence-corrected chi connectivity index (χ1v) is 6.61. The highest BCUT2D eigenvalue weighted by Gasteiger charge is 2.17. The van der Waals surface area contributed by atoms with Crippen molar-refractivity contribution in [2.75, 3.05) is 14.1 Å². The van der Waals surface area contributed by atoms with Crippen LogP contribution in [0, 0.1) is 11.3 Å². The van der Waals surface area contributed by atoms with Crippen LogP contribution in [0.5, 0.6) is 0 Å². The fourth-order valence-electron chi connectivity index (χ4n) is 2.15. The molecule has 1 aromatic heterocycles. The molecule has 1 heterocycles. The van der Waals surface area contributed by atoms with Crippen LogP contribution in [0.25, 0.3) is 10.1 Å². The Labute approximate surface area is 106 Å². The smallest absolute Gasteiger partial charge is 0.0622 e. The van der Waals surface area contributed by atoms with Crippen molar-refractivity contribution in [2.45, 2.75) is 18.9 Å². The molecule has 1 unspecified atom stereocenters. The van der Waals surface area contributed by atoms with E-state index in [-0.39, 0.29) is 0 Å². The quantitative estimate of drug-likeness (QED) is 0.817. The van der Waals surface area contributed by atoms with Crippen LogP contribution in [0.15, 0.2) is 29.6 Å². The maximum Gasteiger partial charge on any atom is 0.0622 e. The SMILES string of the molecule is CN(C)C(CCC#N)c1csc2ccccc12. The first-order chi connectivity index (χ1) is 8.24. The molecule has 0 spiro atoms. The fraction of sp³-hybridized carbons (Fsp3) is 0.357. The standard InChI is InChI=1S/C14H16N2S/c1-16(2)13(7-5-9-15)12-10-17-14-8-4-3-6-11(12)14/h3-4,6,8,10,13H,5,7H2,1-2H3. The number of hydrogen-bond acceptors (Lipinski definition) is 3. The van der Waals surface area contributed by atoms with Crippen LogP contribution in [0.1, 0.15) is 24.4 Å². The van der Waals surface area contributed by atoms with Gasteiger partial charge in [-0.25, -0.2) is 0 Å².